The number of urea groups is 1. The quantitative estimate of drug-likeness (QED) is 0.781. The molecule has 2 unspecified atom stereocenters. The van der Waals surface area contributed by atoms with E-state index in [-0.39, 0.29) is 24.1 Å². The van der Waals surface area contributed by atoms with Crippen LogP contribution in [0.1, 0.15) is 37.4 Å². The lowest BCUT2D eigenvalue weighted by Gasteiger charge is -2.30. The van der Waals surface area contributed by atoms with Gasteiger partial charge in [0.1, 0.15) is 0 Å². The van der Waals surface area contributed by atoms with E-state index in [1.165, 1.54) is 0 Å². The maximum Gasteiger partial charge on any atom is 0.315 e. The van der Waals surface area contributed by atoms with Crippen LogP contribution in [0.3, 0.4) is 0 Å². The predicted molar refractivity (Wildman–Crippen MR) is 96.5 cm³/mol. The second-order valence-electron chi connectivity index (χ2n) is 7.11. The number of rotatable bonds is 5. The van der Waals surface area contributed by atoms with Crippen LogP contribution in [0.4, 0.5) is 4.79 Å². The van der Waals surface area contributed by atoms with Crippen LogP contribution in [0.15, 0.2) is 36.5 Å². The number of hydrogen-bond acceptors (Lipinski definition) is 3. The third-order valence-electron chi connectivity index (χ3n) is 5.15. The van der Waals surface area contributed by atoms with Crippen molar-refractivity contribution in [1.82, 2.24) is 20.4 Å². The number of aromatic nitrogens is 2. The van der Waals surface area contributed by atoms with Gasteiger partial charge in [-0.2, -0.15) is 5.10 Å². The summed E-state index contributed by atoms with van der Waals surface area (Å²) >= 11 is 0. The molecule has 1 fully saturated rings. The number of aliphatic hydroxyl groups excluding tert-OH is 1. The van der Waals surface area contributed by atoms with Crippen LogP contribution in [-0.2, 0) is 6.54 Å². The van der Waals surface area contributed by atoms with Crippen LogP contribution in [0, 0.1) is 12.3 Å². The van der Waals surface area contributed by atoms with E-state index >= 15 is 0 Å². The van der Waals surface area contributed by atoms with Crippen molar-refractivity contribution in [2.24, 2.45) is 5.41 Å². The van der Waals surface area contributed by atoms with Gasteiger partial charge in [-0.05, 0) is 37.5 Å². The van der Waals surface area contributed by atoms with E-state index in [4.69, 9.17) is 0 Å². The largest absolute Gasteiger partial charge is 0.396 e. The minimum Gasteiger partial charge on any atom is -0.396 e. The van der Waals surface area contributed by atoms with E-state index in [2.05, 4.69) is 15.7 Å². The van der Waals surface area contributed by atoms with Gasteiger partial charge in [0.25, 0.3) is 0 Å². The third-order valence-corrected chi connectivity index (χ3v) is 5.15. The smallest absolute Gasteiger partial charge is 0.315 e. The summed E-state index contributed by atoms with van der Waals surface area (Å²) in [7, 11) is 0. The fourth-order valence-corrected chi connectivity index (χ4v) is 3.49. The van der Waals surface area contributed by atoms with Crippen molar-refractivity contribution < 1.29 is 9.90 Å². The van der Waals surface area contributed by atoms with Crippen molar-refractivity contribution in [3.8, 4) is 5.69 Å². The van der Waals surface area contributed by atoms with Crippen molar-refractivity contribution >= 4 is 6.03 Å². The summed E-state index contributed by atoms with van der Waals surface area (Å²) in [5, 5.41) is 20.0. The number of aryl methyl sites for hydroxylation is 1. The molecule has 1 aliphatic rings. The Balaban J connectivity index is 1.63. The monoisotopic (exact) mass is 342 g/mol. The first kappa shape index (κ1) is 17.5. The van der Waals surface area contributed by atoms with Gasteiger partial charge in [-0.3, -0.25) is 0 Å². The molecule has 1 saturated carbocycles. The number of para-hydroxylation sites is 1. The van der Waals surface area contributed by atoms with Gasteiger partial charge in [0.2, 0.25) is 0 Å². The molecule has 1 aromatic carbocycles. The molecule has 3 N–H and O–H groups in total. The molecular weight excluding hydrogens is 316 g/mol. The van der Waals surface area contributed by atoms with Gasteiger partial charge in [-0.1, -0.05) is 31.5 Å². The van der Waals surface area contributed by atoms with Crippen LogP contribution in [0.2, 0.25) is 0 Å². The highest BCUT2D eigenvalue weighted by Crippen LogP contribution is 2.37. The van der Waals surface area contributed by atoms with E-state index in [1.807, 2.05) is 55.1 Å². The SMILES string of the molecule is Cc1ccn(-c2ccccc2CNC(=O)NC2CCCC2(C)CO)n1. The van der Waals surface area contributed by atoms with Crippen LogP contribution in [-0.4, -0.2) is 33.6 Å². The molecule has 0 saturated heterocycles. The molecule has 2 aromatic rings. The normalized spacial score (nSPS) is 22.8. The third kappa shape index (κ3) is 3.85. The lowest BCUT2D eigenvalue weighted by Crippen LogP contribution is -2.48. The fourth-order valence-electron chi connectivity index (χ4n) is 3.49. The second-order valence-corrected chi connectivity index (χ2v) is 7.11. The van der Waals surface area contributed by atoms with Crippen molar-refractivity contribution in [2.75, 3.05) is 6.61 Å². The van der Waals surface area contributed by atoms with Gasteiger partial charge < -0.3 is 15.7 Å². The minimum absolute atomic E-state index is 0.0153. The molecule has 0 radical (unpaired) electrons. The molecule has 0 spiro atoms. The molecular formula is C19H26N4O2. The zero-order chi connectivity index (χ0) is 17.9. The first-order chi connectivity index (χ1) is 12.0. The number of hydrogen-bond donors (Lipinski definition) is 3. The first-order valence-electron chi connectivity index (χ1n) is 8.77. The number of nitrogens with zero attached hydrogens (tertiary/aromatic N) is 2. The summed E-state index contributed by atoms with van der Waals surface area (Å²) in [5.41, 5.74) is 2.68. The Labute approximate surface area is 148 Å². The van der Waals surface area contributed by atoms with Crippen molar-refractivity contribution in [3.63, 3.8) is 0 Å². The highest BCUT2D eigenvalue weighted by Gasteiger charge is 2.39. The predicted octanol–water partition coefficient (Wildman–Crippen LogP) is 2.53. The van der Waals surface area contributed by atoms with E-state index in [1.54, 1.807) is 0 Å². The first-order valence-corrected chi connectivity index (χ1v) is 8.77. The summed E-state index contributed by atoms with van der Waals surface area (Å²) in [6.45, 7) is 4.49. The maximum absolute atomic E-state index is 12.3. The van der Waals surface area contributed by atoms with Gasteiger partial charge in [0, 0.05) is 24.2 Å². The van der Waals surface area contributed by atoms with Gasteiger partial charge in [0.05, 0.1) is 18.0 Å². The van der Waals surface area contributed by atoms with E-state index < -0.39 is 0 Å². The Morgan fingerprint density at radius 3 is 2.92 bits per heavy atom. The molecule has 2 amide bonds. The van der Waals surface area contributed by atoms with Crippen molar-refractivity contribution in [1.29, 1.82) is 0 Å². The maximum atomic E-state index is 12.3. The number of benzene rings is 1. The summed E-state index contributed by atoms with van der Waals surface area (Å²) in [5.74, 6) is 0. The Bertz CT molecular complexity index is 743. The molecule has 3 rings (SSSR count). The van der Waals surface area contributed by atoms with E-state index in [0.717, 1.165) is 36.2 Å². The molecule has 25 heavy (non-hydrogen) atoms. The number of nitrogens with one attached hydrogen (secondary N) is 2. The molecule has 0 bridgehead atoms. The van der Waals surface area contributed by atoms with E-state index in [9.17, 15) is 9.90 Å². The second kappa shape index (κ2) is 7.27. The highest BCUT2D eigenvalue weighted by molar-refractivity contribution is 5.74. The molecule has 134 valence electrons. The van der Waals surface area contributed by atoms with Gasteiger partial charge in [-0.25, -0.2) is 9.48 Å². The standard InChI is InChI=1S/C19H26N4O2/c1-14-9-11-23(22-14)16-7-4-3-6-15(16)12-20-18(25)21-17-8-5-10-19(17,2)13-24/h3-4,6-7,9,11,17,24H,5,8,10,12-13H2,1-2H3,(H2,20,21,25). The molecule has 1 aromatic heterocycles. The Kier molecular flexibility index (Phi) is 5.08. The highest BCUT2D eigenvalue weighted by atomic mass is 16.3. The molecule has 2 atom stereocenters. The van der Waals surface area contributed by atoms with Gasteiger partial charge >= 0.3 is 6.03 Å². The van der Waals surface area contributed by atoms with Crippen LogP contribution in [0.5, 0.6) is 0 Å². The number of aliphatic hydroxyl groups is 1. The van der Waals surface area contributed by atoms with Crippen molar-refractivity contribution in [3.05, 3.63) is 47.8 Å². The topological polar surface area (TPSA) is 79.2 Å². The Morgan fingerprint density at radius 2 is 2.20 bits per heavy atom. The molecule has 1 heterocycles. The average molecular weight is 342 g/mol. The summed E-state index contributed by atoms with van der Waals surface area (Å²) in [6.07, 6.45) is 4.80. The summed E-state index contributed by atoms with van der Waals surface area (Å²) in [4.78, 5) is 12.3. The summed E-state index contributed by atoms with van der Waals surface area (Å²) in [6, 6.07) is 9.66. The fraction of sp³-hybridized carbons (Fsp3) is 0.474. The minimum atomic E-state index is -0.220. The van der Waals surface area contributed by atoms with Gasteiger partial charge in [0.15, 0.2) is 0 Å². The zero-order valence-corrected chi connectivity index (χ0v) is 14.8. The Hall–Kier alpha value is -2.34. The molecule has 0 aliphatic heterocycles. The van der Waals surface area contributed by atoms with Crippen LogP contribution < -0.4 is 10.6 Å². The van der Waals surface area contributed by atoms with Crippen LogP contribution >= 0.6 is 0 Å². The van der Waals surface area contributed by atoms with E-state index in [0.29, 0.717) is 6.54 Å². The van der Waals surface area contributed by atoms with Crippen LogP contribution in [0.25, 0.3) is 5.69 Å². The lowest BCUT2D eigenvalue weighted by atomic mass is 9.86. The number of amides is 2. The zero-order valence-electron chi connectivity index (χ0n) is 14.8. The average Bonchev–Trinajstić information content (AvgIpc) is 3.20. The number of carbonyl (C=O) groups excluding carboxylic acids is 1. The van der Waals surface area contributed by atoms with Gasteiger partial charge in [-0.15, -0.1) is 0 Å². The molecule has 1 aliphatic carbocycles. The Morgan fingerprint density at radius 1 is 1.40 bits per heavy atom. The lowest BCUT2D eigenvalue weighted by molar-refractivity contribution is 0.121. The number of carbonyl (C=O) groups is 1. The van der Waals surface area contributed by atoms with Crippen molar-refractivity contribution in [2.45, 2.75) is 45.7 Å². The summed E-state index contributed by atoms with van der Waals surface area (Å²) < 4.78 is 1.82. The molecule has 6 nitrogen and oxygen atoms in total. The molecule has 6 heteroatoms.